The summed E-state index contributed by atoms with van der Waals surface area (Å²) in [6.07, 6.45) is 0. The van der Waals surface area contributed by atoms with Gasteiger partial charge in [0, 0.05) is 25.9 Å². The van der Waals surface area contributed by atoms with Crippen LogP contribution in [-0.2, 0) is 13.6 Å². The van der Waals surface area contributed by atoms with Crippen molar-refractivity contribution in [3.8, 4) is 11.5 Å². The number of nitrogens with zero attached hydrogens (tertiary/aromatic N) is 4. The summed E-state index contributed by atoms with van der Waals surface area (Å²) < 4.78 is 13.5. The molecule has 2 aromatic rings. The minimum absolute atomic E-state index is 0. The summed E-state index contributed by atoms with van der Waals surface area (Å²) in [6.45, 7) is 4.16. The highest BCUT2D eigenvalue weighted by Gasteiger charge is 2.11. The molecular weight excluding hydrogens is 418 g/mol. The van der Waals surface area contributed by atoms with E-state index < -0.39 is 0 Å². The van der Waals surface area contributed by atoms with E-state index in [0.29, 0.717) is 6.61 Å². The quantitative estimate of drug-likeness (QED) is 0.409. The average Bonchev–Trinajstić information content (AvgIpc) is 2.92. The molecule has 0 radical (unpaired) electrons. The predicted octanol–water partition coefficient (Wildman–Crippen LogP) is -0.734. The molecule has 1 N–H and O–H groups in total. The van der Waals surface area contributed by atoms with Gasteiger partial charge in [-0.15, -0.1) is 5.10 Å². The largest absolute Gasteiger partial charge is 1.00 e. The zero-order valence-electron chi connectivity index (χ0n) is 13.8. The zero-order valence-corrected chi connectivity index (χ0v) is 16.9. The minimum Gasteiger partial charge on any atom is -1.00 e. The van der Waals surface area contributed by atoms with Gasteiger partial charge in [0.15, 0.2) is 11.5 Å². The average molecular weight is 438 g/mol. The highest BCUT2D eigenvalue weighted by molar-refractivity contribution is 9.10. The molecule has 0 amide bonds. The molecule has 1 aromatic heterocycles. The van der Waals surface area contributed by atoms with Gasteiger partial charge in [-0.2, -0.15) is 0 Å². The van der Waals surface area contributed by atoms with Crippen LogP contribution in [0.2, 0.25) is 0 Å². The Balaban J connectivity index is 0.00000288. The summed E-state index contributed by atoms with van der Waals surface area (Å²) in [6, 6.07) is 4.04. The summed E-state index contributed by atoms with van der Waals surface area (Å²) in [5, 5.41) is 15.6. The first-order valence-electron chi connectivity index (χ1n) is 7.20. The molecule has 2 rings (SSSR count). The molecule has 10 heteroatoms. The lowest BCUT2D eigenvalue weighted by molar-refractivity contribution is -0.00000562. The number of thioether (sulfide) groups is 1. The maximum Gasteiger partial charge on any atom is 0.209 e. The Morgan fingerprint density at radius 1 is 1.38 bits per heavy atom. The van der Waals surface area contributed by atoms with E-state index in [1.165, 1.54) is 0 Å². The predicted molar refractivity (Wildman–Crippen MR) is 93.1 cm³/mol. The second kappa shape index (κ2) is 10.8. The van der Waals surface area contributed by atoms with E-state index in [1.807, 2.05) is 26.1 Å². The number of methoxy groups -OCH3 is 1. The minimum atomic E-state index is 0. The number of rotatable bonds is 9. The fourth-order valence-electron chi connectivity index (χ4n) is 1.98. The zero-order chi connectivity index (χ0) is 16.7. The van der Waals surface area contributed by atoms with Crippen molar-refractivity contribution < 1.29 is 21.9 Å². The Labute approximate surface area is 160 Å². The van der Waals surface area contributed by atoms with E-state index in [4.69, 9.17) is 9.47 Å². The Hall–Kier alpha value is -1.03. The number of benzene rings is 1. The Kier molecular flexibility index (Phi) is 9.42. The molecule has 0 saturated carbocycles. The van der Waals surface area contributed by atoms with Gasteiger partial charge >= 0.3 is 0 Å². The molecule has 0 aliphatic carbocycles. The molecule has 0 fully saturated rings. The number of aromatic nitrogens is 4. The van der Waals surface area contributed by atoms with Crippen LogP contribution in [0.4, 0.5) is 0 Å². The van der Waals surface area contributed by atoms with Crippen molar-refractivity contribution >= 4 is 27.7 Å². The lowest BCUT2D eigenvalue weighted by Gasteiger charge is -2.13. The summed E-state index contributed by atoms with van der Waals surface area (Å²) in [5.74, 6) is 2.37. The van der Waals surface area contributed by atoms with Crippen molar-refractivity contribution in [3.63, 3.8) is 0 Å². The van der Waals surface area contributed by atoms with Crippen LogP contribution in [0.1, 0.15) is 12.5 Å². The van der Waals surface area contributed by atoms with E-state index in [0.717, 1.165) is 45.5 Å². The molecule has 0 saturated heterocycles. The fourth-order valence-corrected chi connectivity index (χ4v) is 3.37. The maximum absolute atomic E-state index is 5.63. The third kappa shape index (κ3) is 5.80. The van der Waals surface area contributed by atoms with Crippen LogP contribution in [0.5, 0.6) is 11.5 Å². The molecule has 0 aliphatic rings. The highest BCUT2D eigenvalue weighted by atomic mass is 79.9. The number of tetrazole rings is 1. The van der Waals surface area contributed by atoms with Gasteiger partial charge in [-0.3, -0.25) is 0 Å². The maximum atomic E-state index is 5.63. The lowest BCUT2D eigenvalue weighted by Crippen LogP contribution is -3.00. The molecule has 0 spiro atoms. The molecule has 0 atom stereocenters. The summed E-state index contributed by atoms with van der Waals surface area (Å²) in [5.41, 5.74) is 1.13. The first kappa shape index (κ1) is 21.0. The van der Waals surface area contributed by atoms with Gasteiger partial charge in [0.2, 0.25) is 5.16 Å². The van der Waals surface area contributed by atoms with Crippen LogP contribution in [-0.4, -0.2) is 46.2 Å². The van der Waals surface area contributed by atoms with Crippen molar-refractivity contribution in [1.29, 1.82) is 0 Å². The number of halogens is 2. The Morgan fingerprint density at radius 3 is 2.79 bits per heavy atom. The SMILES string of the molecule is CCOc1cc(CNCCSc2nnnn2C)cc(Br)c1OC.[Cl-]. The van der Waals surface area contributed by atoms with Crippen molar-refractivity contribution in [3.05, 3.63) is 22.2 Å². The third-order valence-electron chi connectivity index (χ3n) is 2.99. The van der Waals surface area contributed by atoms with Crippen LogP contribution >= 0.6 is 27.7 Å². The summed E-state index contributed by atoms with van der Waals surface area (Å²) >= 11 is 5.14. The van der Waals surface area contributed by atoms with Crippen molar-refractivity contribution in [2.24, 2.45) is 7.05 Å². The number of nitrogens with one attached hydrogen (secondary N) is 1. The number of ether oxygens (including phenoxy) is 2. The second-order valence-corrected chi connectivity index (χ2v) is 6.57. The van der Waals surface area contributed by atoms with Gasteiger partial charge in [-0.25, -0.2) is 4.68 Å². The second-order valence-electron chi connectivity index (χ2n) is 4.65. The van der Waals surface area contributed by atoms with Crippen molar-refractivity contribution in [2.45, 2.75) is 18.6 Å². The van der Waals surface area contributed by atoms with Gasteiger partial charge in [-0.05, 0) is 51.0 Å². The first-order chi connectivity index (χ1) is 11.2. The normalized spacial score (nSPS) is 10.3. The van der Waals surface area contributed by atoms with E-state index in [2.05, 4.69) is 36.8 Å². The molecule has 1 heterocycles. The van der Waals surface area contributed by atoms with Crippen LogP contribution < -0.4 is 27.2 Å². The number of hydrogen-bond acceptors (Lipinski definition) is 7. The lowest BCUT2D eigenvalue weighted by atomic mass is 10.2. The monoisotopic (exact) mass is 436 g/mol. The van der Waals surface area contributed by atoms with E-state index in [-0.39, 0.29) is 12.4 Å². The Bertz CT molecular complexity index is 644. The summed E-state index contributed by atoms with van der Waals surface area (Å²) in [7, 11) is 3.47. The fraction of sp³-hybridized carbons (Fsp3) is 0.500. The van der Waals surface area contributed by atoms with E-state index in [1.54, 1.807) is 23.6 Å². The van der Waals surface area contributed by atoms with Crippen LogP contribution in [0.25, 0.3) is 0 Å². The van der Waals surface area contributed by atoms with Gasteiger partial charge in [0.1, 0.15) is 0 Å². The van der Waals surface area contributed by atoms with Gasteiger partial charge in [0.25, 0.3) is 0 Å². The number of hydrogen-bond donors (Lipinski definition) is 1. The third-order valence-corrected chi connectivity index (χ3v) is 4.60. The Morgan fingerprint density at radius 2 is 2.17 bits per heavy atom. The number of aryl methyl sites for hydroxylation is 1. The molecule has 0 aliphatic heterocycles. The van der Waals surface area contributed by atoms with Gasteiger partial charge in [0.05, 0.1) is 18.2 Å². The molecule has 1 aromatic carbocycles. The molecular formula is C14H20BrClN5O2S-. The molecule has 24 heavy (non-hydrogen) atoms. The van der Waals surface area contributed by atoms with Crippen molar-refractivity contribution in [2.75, 3.05) is 26.0 Å². The van der Waals surface area contributed by atoms with Crippen LogP contribution in [0.3, 0.4) is 0 Å². The van der Waals surface area contributed by atoms with Gasteiger partial charge < -0.3 is 27.2 Å². The van der Waals surface area contributed by atoms with E-state index in [9.17, 15) is 0 Å². The van der Waals surface area contributed by atoms with Crippen LogP contribution in [0.15, 0.2) is 21.8 Å². The molecule has 134 valence electrons. The van der Waals surface area contributed by atoms with Crippen LogP contribution in [0, 0.1) is 0 Å². The first-order valence-corrected chi connectivity index (χ1v) is 8.98. The molecule has 0 bridgehead atoms. The highest BCUT2D eigenvalue weighted by Crippen LogP contribution is 2.36. The standard InChI is InChI=1S/C14H20BrN5O2S.ClH/c1-4-22-12-8-10(7-11(15)13(12)21-3)9-16-5-6-23-14-17-18-19-20(14)2;/h7-8,16H,4-6,9H2,1-3H3;1H/p-1. The van der Waals surface area contributed by atoms with E-state index >= 15 is 0 Å². The molecule has 0 unspecified atom stereocenters. The van der Waals surface area contributed by atoms with Gasteiger partial charge in [-0.1, -0.05) is 11.8 Å². The smallest absolute Gasteiger partial charge is 0.209 e. The summed E-state index contributed by atoms with van der Waals surface area (Å²) in [4.78, 5) is 0. The molecule has 7 nitrogen and oxygen atoms in total. The van der Waals surface area contributed by atoms with Crippen molar-refractivity contribution in [1.82, 2.24) is 25.5 Å². The topological polar surface area (TPSA) is 74.1 Å².